The summed E-state index contributed by atoms with van der Waals surface area (Å²) in [7, 11) is 2.88. The molecule has 0 aliphatic heterocycles. The van der Waals surface area contributed by atoms with E-state index >= 15 is 0 Å². The van der Waals surface area contributed by atoms with Gasteiger partial charge in [0.15, 0.2) is 11.2 Å². The molecule has 0 bridgehead atoms. The van der Waals surface area contributed by atoms with Crippen LogP contribution >= 0.6 is 15.9 Å². The van der Waals surface area contributed by atoms with Crippen molar-refractivity contribution in [2.45, 2.75) is 6.54 Å². The second-order valence-electron chi connectivity index (χ2n) is 5.76. The number of hydrogen-bond donors (Lipinski definition) is 3. The number of benzene rings is 1. The molecule has 2 aromatic heterocycles. The largest absolute Gasteiger partial charge is 0.507 e. The summed E-state index contributed by atoms with van der Waals surface area (Å²) in [6.45, 7) is -0.147. The molecule has 0 radical (unpaired) electrons. The van der Waals surface area contributed by atoms with Crippen LogP contribution in [-0.2, 0) is 20.6 Å². The molecule has 0 amide bonds. The van der Waals surface area contributed by atoms with Crippen LogP contribution in [0.5, 0.6) is 5.75 Å². The van der Waals surface area contributed by atoms with Crippen molar-refractivity contribution in [2.75, 3.05) is 12.0 Å². The number of aromatic hydroxyl groups is 1. The molecule has 0 spiro atoms. The lowest BCUT2D eigenvalue weighted by molar-refractivity contribution is 0.278. The zero-order valence-corrected chi connectivity index (χ0v) is 16.1. The molecule has 3 N–H and O–H groups in total. The van der Waals surface area contributed by atoms with E-state index in [1.165, 1.54) is 35.5 Å². The van der Waals surface area contributed by atoms with Crippen molar-refractivity contribution in [2.24, 2.45) is 19.2 Å². The van der Waals surface area contributed by atoms with E-state index in [-0.39, 0.29) is 36.0 Å². The fraction of sp³-hybridized carbons (Fsp3) is 0.250. The number of aromatic nitrogens is 4. The summed E-state index contributed by atoms with van der Waals surface area (Å²) in [5.74, 6) is 0.229. The number of halogens is 1. The maximum Gasteiger partial charge on any atom is 0.332 e. The third-order valence-corrected chi connectivity index (χ3v) is 4.52. The highest BCUT2D eigenvalue weighted by Crippen LogP contribution is 2.20. The average Bonchev–Trinajstić information content (AvgIpc) is 3.00. The predicted octanol–water partition coefficient (Wildman–Crippen LogP) is 0.340. The highest BCUT2D eigenvalue weighted by Gasteiger charge is 2.18. The Kier molecular flexibility index (Phi) is 5.15. The van der Waals surface area contributed by atoms with E-state index in [2.05, 4.69) is 31.4 Å². The van der Waals surface area contributed by atoms with E-state index in [0.717, 1.165) is 9.04 Å². The molecule has 142 valence electrons. The summed E-state index contributed by atoms with van der Waals surface area (Å²) in [6, 6.07) is 4.89. The van der Waals surface area contributed by atoms with Gasteiger partial charge in [-0.25, -0.2) is 10.2 Å². The van der Waals surface area contributed by atoms with E-state index < -0.39 is 11.2 Å². The summed E-state index contributed by atoms with van der Waals surface area (Å²) in [6.07, 6.45) is 1.39. The number of nitrogens with one attached hydrogen (secondary N) is 1. The number of fused-ring (bicyclic) bond motifs is 1. The number of aliphatic hydroxyl groups excluding tert-OH is 1. The van der Waals surface area contributed by atoms with Gasteiger partial charge in [-0.2, -0.15) is 10.1 Å². The van der Waals surface area contributed by atoms with E-state index in [1.54, 1.807) is 12.1 Å². The lowest BCUT2D eigenvalue weighted by Crippen LogP contribution is -2.37. The minimum Gasteiger partial charge on any atom is -0.507 e. The van der Waals surface area contributed by atoms with Crippen LogP contribution in [0.4, 0.5) is 5.95 Å². The molecule has 3 rings (SSSR count). The highest BCUT2D eigenvalue weighted by molar-refractivity contribution is 9.10. The molecular formula is C16H17BrN6O4. The van der Waals surface area contributed by atoms with Gasteiger partial charge in [0.1, 0.15) is 5.75 Å². The van der Waals surface area contributed by atoms with E-state index in [0.29, 0.717) is 5.56 Å². The number of imidazole rings is 1. The van der Waals surface area contributed by atoms with E-state index in [4.69, 9.17) is 0 Å². The fourth-order valence-corrected chi connectivity index (χ4v) is 3.02. The van der Waals surface area contributed by atoms with Crippen molar-refractivity contribution in [1.82, 2.24) is 18.7 Å². The summed E-state index contributed by atoms with van der Waals surface area (Å²) in [4.78, 5) is 28.9. The van der Waals surface area contributed by atoms with Gasteiger partial charge in [0.05, 0.1) is 12.8 Å². The smallest absolute Gasteiger partial charge is 0.332 e. The summed E-state index contributed by atoms with van der Waals surface area (Å²) >= 11 is 3.31. The van der Waals surface area contributed by atoms with Crippen LogP contribution in [0.25, 0.3) is 11.2 Å². The van der Waals surface area contributed by atoms with Crippen molar-refractivity contribution >= 4 is 39.3 Å². The molecule has 1 aromatic carbocycles. The van der Waals surface area contributed by atoms with Gasteiger partial charge in [0.2, 0.25) is 5.95 Å². The SMILES string of the molecule is Cn1c(=O)c2c(nc(N/N=C/c3cc(Br)ccc3O)n2CCO)n(C)c1=O. The maximum absolute atomic E-state index is 12.5. The standard InChI is InChI=1S/C16H17BrN6O4/c1-21-13-12(14(26)22(2)16(21)27)23(5-6-24)15(19-13)20-18-8-9-7-10(17)3-4-11(9)25/h3-4,7-8,24-25H,5-6H2,1-2H3,(H,19,20)/b18-8+. The zero-order chi connectivity index (χ0) is 19.7. The number of rotatable bonds is 5. The minimum atomic E-state index is -0.518. The predicted molar refractivity (Wildman–Crippen MR) is 104 cm³/mol. The van der Waals surface area contributed by atoms with Crippen LogP contribution in [0, 0.1) is 0 Å². The molecule has 0 saturated carbocycles. The lowest BCUT2D eigenvalue weighted by atomic mass is 10.2. The van der Waals surface area contributed by atoms with Crippen molar-refractivity contribution in [1.29, 1.82) is 0 Å². The third-order valence-electron chi connectivity index (χ3n) is 4.03. The second kappa shape index (κ2) is 7.37. The van der Waals surface area contributed by atoms with Gasteiger partial charge in [-0.3, -0.25) is 13.9 Å². The Morgan fingerprint density at radius 2 is 2.04 bits per heavy atom. The zero-order valence-electron chi connectivity index (χ0n) is 14.5. The number of phenols is 1. The molecule has 27 heavy (non-hydrogen) atoms. The number of aliphatic hydroxyl groups is 1. The van der Waals surface area contributed by atoms with Crippen LogP contribution < -0.4 is 16.7 Å². The molecule has 0 atom stereocenters. The topological polar surface area (TPSA) is 127 Å². The molecule has 0 unspecified atom stereocenters. The Labute approximate surface area is 161 Å². The quantitative estimate of drug-likeness (QED) is 0.391. The number of hydrogen-bond acceptors (Lipinski definition) is 7. The normalized spacial score (nSPS) is 11.6. The number of hydrazone groups is 1. The van der Waals surface area contributed by atoms with Crippen LogP contribution in [0.1, 0.15) is 5.56 Å². The van der Waals surface area contributed by atoms with Crippen molar-refractivity contribution in [3.63, 3.8) is 0 Å². The molecule has 0 fully saturated rings. The lowest BCUT2D eigenvalue weighted by Gasteiger charge is -2.07. The Morgan fingerprint density at radius 3 is 2.74 bits per heavy atom. The third kappa shape index (κ3) is 3.38. The molecule has 0 saturated heterocycles. The van der Waals surface area contributed by atoms with Gasteiger partial charge in [-0.15, -0.1) is 0 Å². The maximum atomic E-state index is 12.5. The van der Waals surface area contributed by atoms with Crippen LogP contribution in [0.3, 0.4) is 0 Å². The molecule has 11 heteroatoms. The Balaban J connectivity index is 2.08. The first-order valence-corrected chi connectivity index (χ1v) is 8.69. The fourth-order valence-electron chi connectivity index (χ4n) is 2.64. The van der Waals surface area contributed by atoms with Gasteiger partial charge in [0, 0.05) is 30.7 Å². The number of anilines is 1. The second-order valence-corrected chi connectivity index (χ2v) is 6.68. The highest BCUT2D eigenvalue weighted by atomic mass is 79.9. The summed E-state index contributed by atoms with van der Waals surface area (Å²) < 4.78 is 4.45. The van der Waals surface area contributed by atoms with Crippen LogP contribution in [-0.4, -0.2) is 41.7 Å². The summed E-state index contributed by atoms with van der Waals surface area (Å²) in [5.41, 5.74) is 2.49. The molecule has 3 aromatic rings. The Hall–Kier alpha value is -2.92. The molecule has 0 aliphatic carbocycles. The van der Waals surface area contributed by atoms with Gasteiger partial charge in [-0.05, 0) is 18.2 Å². The van der Waals surface area contributed by atoms with Crippen molar-refractivity contribution < 1.29 is 10.2 Å². The molecule has 0 aliphatic rings. The number of aryl methyl sites for hydroxylation is 1. The molecule has 10 nitrogen and oxygen atoms in total. The number of nitrogens with zero attached hydrogens (tertiary/aromatic N) is 5. The van der Waals surface area contributed by atoms with Crippen LogP contribution in [0.15, 0.2) is 37.4 Å². The van der Waals surface area contributed by atoms with Gasteiger partial charge >= 0.3 is 5.69 Å². The van der Waals surface area contributed by atoms with E-state index in [9.17, 15) is 19.8 Å². The molecular weight excluding hydrogens is 420 g/mol. The van der Waals surface area contributed by atoms with Gasteiger partial charge in [-0.1, -0.05) is 15.9 Å². The monoisotopic (exact) mass is 436 g/mol. The van der Waals surface area contributed by atoms with E-state index in [1.807, 2.05) is 0 Å². The first-order chi connectivity index (χ1) is 12.8. The van der Waals surface area contributed by atoms with Crippen LogP contribution in [0.2, 0.25) is 0 Å². The molecule has 2 heterocycles. The Bertz CT molecular complexity index is 1160. The minimum absolute atomic E-state index is 0.0453. The average molecular weight is 437 g/mol. The van der Waals surface area contributed by atoms with Gasteiger partial charge in [0.25, 0.3) is 5.56 Å². The number of phenolic OH excluding ortho intramolecular Hbond substituents is 1. The Morgan fingerprint density at radius 1 is 1.30 bits per heavy atom. The first-order valence-electron chi connectivity index (χ1n) is 7.90. The summed E-state index contributed by atoms with van der Waals surface area (Å²) in [5, 5.41) is 23.2. The first kappa shape index (κ1) is 18.9. The van der Waals surface area contributed by atoms with Gasteiger partial charge < -0.3 is 14.8 Å². The van der Waals surface area contributed by atoms with Crippen molar-refractivity contribution in [3.8, 4) is 5.75 Å². The van der Waals surface area contributed by atoms with Crippen molar-refractivity contribution in [3.05, 3.63) is 49.1 Å².